The first-order valence-corrected chi connectivity index (χ1v) is 9.11. The van der Waals surface area contributed by atoms with Crippen molar-refractivity contribution in [3.8, 4) is 5.75 Å². The first-order valence-electron chi connectivity index (χ1n) is 8.73. The van der Waals surface area contributed by atoms with E-state index in [4.69, 9.17) is 16.3 Å². The predicted octanol–water partition coefficient (Wildman–Crippen LogP) is 5.13. The third-order valence-electron chi connectivity index (χ3n) is 4.19. The second-order valence-corrected chi connectivity index (χ2v) is 6.65. The van der Waals surface area contributed by atoms with Crippen LogP contribution in [0.3, 0.4) is 0 Å². The molecular weight excluding hydrogens is 379 g/mol. The van der Waals surface area contributed by atoms with Crippen molar-refractivity contribution in [3.63, 3.8) is 0 Å². The van der Waals surface area contributed by atoms with E-state index in [0.29, 0.717) is 11.6 Å². The fraction of sp³-hybridized carbons (Fsp3) is 0.136. The van der Waals surface area contributed by atoms with E-state index < -0.39 is 5.82 Å². The average molecular weight is 399 g/mol. The highest BCUT2D eigenvalue weighted by Crippen LogP contribution is 2.22. The molecule has 1 amide bonds. The standard InChI is InChI=1S/C22H20ClFN2O2/c1-28-19-10-8-18(9-11-19)26(14-16-5-3-2-4-6-16)15-22(27)25-21-13-17(23)7-12-20(21)24/h2-13H,14-15H2,1H3,(H,25,27). The highest BCUT2D eigenvalue weighted by molar-refractivity contribution is 6.30. The van der Waals surface area contributed by atoms with Gasteiger partial charge in [0.1, 0.15) is 11.6 Å². The monoisotopic (exact) mass is 398 g/mol. The molecule has 3 aromatic carbocycles. The van der Waals surface area contributed by atoms with E-state index >= 15 is 0 Å². The molecule has 144 valence electrons. The van der Waals surface area contributed by atoms with Gasteiger partial charge in [-0.25, -0.2) is 4.39 Å². The first-order chi connectivity index (χ1) is 13.5. The summed E-state index contributed by atoms with van der Waals surface area (Å²) < 4.78 is 19.1. The van der Waals surface area contributed by atoms with Crippen molar-refractivity contribution < 1.29 is 13.9 Å². The summed E-state index contributed by atoms with van der Waals surface area (Å²) in [6.07, 6.45) is 0. The molecular formula is C22H20ClFN2O2. The summed E-state index contributed by atoms with van der Waals surface area (Å²) in [5.74, 6) is -0.140. The fourth-order valence-electron chi connectivity index (χ4n) is 2.79. The molecule has 3 rings (SSSR count). The molecule has 0 atom stereocenters. The van der Waals surface area contributed by atoms with Gasteiger partial charge in [0, 0.05) is 17.3 Å². The average Bonchev–Trinajstić information content (AvgIpc) is 2.71. The fourth-order valence-corrected chi connectivity index (χ4v) is 2.96. The van der Waals surface area contributed by atoms with E-state index in [1.165, 1.54) is 18.2 Å². The van der Waals surface area contributed by atoms with Crippen LogP contribution in [0.1, 0.15) is 5.56 Å². The van der Waals surface area contributed by atoms with Crippen molar-refractivity contribution in [3.05, 3.63) is 89.2 Å². The second kappa shape index (κ2) is 9.24. The summed E-state index contributed by atoms with van der Waals surface area (Å²) in [5.41, 5.74) is 1.97. The number of carbonyl (C=O) groups is 1. The van der Waals surface area contributed by atoms with E-state index in [9.17, 15) is 9.18 Å². The zero-order valence-electron chi connectivity index (χ0n) is 15.4. The Bertz CT molecular complexity index is 933. The Balaban J connectivity index is 1.79. The molecule has 0 fully saturated rings. The highest BCUT2D eigenvalue weighted by atomic mass is 35.5. The molecule has 0 bridgehead atoms. The minimum Gasteiger partial charge on any atom is -0.497 e. The Kier molecular flexibility index (Phi) is 6.50. The topological polar surface area (TPSA) is 41.6 Å². The molecule has 0 radical (unpaired) electrons. The summed E-state index contributed by atoms with van der Waals surface area (Å²) in [6.45, 7) is 0.575. The van der Waals surface area contributed by atoms with Crippen molar-refractivity contribution in [1.29, 1.82) is 0 Å². The van der Waals surface area contributed by atoms with Crippen LogP contribution in [0.25, 0.3) is 0 Å². The molecule has 0 spiro atoms. The smallest absolute Gasteiger partial charge is 0.243 e. The molecule has 0 aliphatic carbocycles. The van der Waals surface area contributed by atoms with Gasteiger partial charge in [-0.3, -0.25) is 4.79 Å². The number of rotatable bonds is 7. The maximum atomic E-state index is 13.9. The number of benzene rings is 3. The van der Waals surface area contributed by atoms with Crippen molar-refractivity contribution in [2.75, 3.05) is 23.9 Å². The molecule has 6 heteroatoms. The van der Waals surface area contributed by atoms with Crippen LogP contribution in [0.4, 0.5) is 15.8 Å². The van der Waals surface area contributed by atoms with Crippen molar-refractivity contribution in [2.45, 2.75) is 6.54 Å². The number of nitrogens with zero attached hydrogens (tertiary/aromatic N) is 1. The molecule has 0 saturated carbocycles. The quantitative estimate of drug-likeness (QED) is 0.599. The van der Waals surface area contributed by atoms with Gasteiger partial charge in [-0.05, 0) is 48.0 Å². The number of carbonyl (C=O) groups excluding carboxylic acids is 1. The summed E-state index contributed by atoms with van der Waals surface area (Å²) in [7, 11) is 1.60. The summed E-state index contributed by atoms with van der Waals surface area (Å²) in [4.78, 5) is 14.5. The number of hydrogen-bond donors (Lipinski definition) is 1. The summed E-state index contributed by atoms with van der Waals surface area (Å²) in [5, 5.41) is 2.95. The van der Waals surface area contributed by atoms with E-state index in [2.05, 4.69) is 5.32 Å². The number of anilines is 2. The van der Waals surface area contributed by atoms with Crippen LogP contribution in [-0.2, 0) is 11.3 Å². The number of methoxy groups -OCH3 is 1. The molecule has 0 aromatic heterocycles. The number of halogens is 2. The lowest BCUT2D eigenvalue weighted by molar-refractivity contribution is -0.115. The maximum Gasteiger partial charge on any atom is 0.243 e. The molecule has 4 nitrogen and oxygen atoms in total. The van der Waals surface area contributed by atoms with Gasteiger partial charge in [0.25, 0.3) is 0 Å². The van der Waals surface area contributed by atoms with Crippen LogP contribution in [-0.4, -0.2) is 19.6 Å². The minimum absolute atomic E-state index is 0.0488. The van der Waals surface area contributed by atoms with Crippen LogP contribution in [0.2, 0.25) is 5.02 Å². The van der Waals surface area contributed by atoms with Gasteiger partial charge in [-0.1, -0.05) is 41.9 Å². The highest BCUT2D eigenvalue weighted by Gasteiger charge is 2.14. The van der Waals surface area contributed by atoms with Crippen LogP contribution < -0.4 is 15.0 Å². The molecule has 0 unspecified atom stereocenters. The van der Waals surface area contributed by atoms with E-state index in [1.54, 1.807) is 7.11 Å². The Hall–Kier alpha value is -3.05. The number of ether oxygens (including phenoxy) is 1. The van der Waals surface area contributed by atoms with Gasteiger partial charge < -0.3 is 15.0 Å². The summed E-state index contributed by atoms with van der Waals surface area (Å²) >= 11 is 5.90. The van der Waals surface area contributed by atoms with Gasteiger partial charge in [0.05, 0.1) is 19.3 Å². The lowest BCUT2D eigenvalue weighted by Crippen LogP contribution is -2.33. The third-order valence-corrected chi connectivity index (χ3v) is 4.43. The van der Waals surface area contributed by atoms with Crippen LogP contribution in [0, 0.1) is 5.82 Å². The SMILES string of the molecule is COc1ccc(N(CC(=O)Nc2cc(Cl)ccc2F)Cc2ccccc2)cc1. The van der Waals surface area contributed by atoms with Crippen LogP contribution >= 0.6 is 11.6 Å². The number of nitrogens with one attached hydrogen (secondary N) is 1. The van der Waals surface area contributed by atoms with E-state index in [1.807, 2.05) is 59.5 Å². The lowest BCUT2D eigenvalue weighted by atomic mass is 10.2. The number of hydrogen-bond acceptors (Lipinski definition) is 3. The Morgan fingerprint density at radius 3 is 2.46 bits per heavy atom. The predicted molar refractivity (Wildman–Crippen MR) is 111 cm³/mol. The van der Waals surface area contributed by atoms with Gasteiger partial charge in [0.2, 0.25) is 5.91 Å². The number of amides is 1. The molecule has 28 heavy (non-hydrogen) atoms. The minimum atomic E-state index is -0.531. The van der Waals surface area contributed by atoms with E-state index in [0.717, 1.165) is 17.0 Å². The zero-order chi connectivity index (χ0) is 19.9. The first kappa shape index (κ1) is 19.7. The van der Waals surface area contributed by atoms with Gasteiger partial charge in [-0.2, -0.15) is 0 Å². The maximum absolute atomic E-state index is 13.9. The Morgan fingerprint density at radius 1 is 1.07 bits per heavy atom. The Morgan fingerprint density at radius 2 is 1.79 bits per heavy atom. The zero-order valence-corrected chi connectivity index (χ0v) is 16.1. The molecule has 0 heterocycles. The largest absolute Gasteiger partial charge is 0.497 e. The van der Waals surface area contributed by atoms with Crippen molar-refractivity contribution >= 4 is 28.9 Å². The van der Waals surface area contributed by atoms with Gasteiger partial charge in [0.15, 0.2) is 0 Å². The molecule has 3 aromatic rings. The molecule has 0 aliphatic heterocycles. The molecule has 0 saturated heterocycles. The van der Waals surface area contributed by atoms with Crippen LogP contribution in [0.15, 0.2) is 72.8 Å². The summed E-state index contributed by atoms with van der Waals surface area (Å²) in [6, 6.07) is 21.3. The normalized spacial score (nSPS) is 10.4. The third kappa shape index (κ3) is 5.24. The van der Waals surface area contributed by atoms with Gasteiger partial charge in [-0.15, -0.1) is 0 Å². The Labute approximate surface area is 168 Å². The second-order valence-electron chi connectivity index (χ2n) is 6.21. The van der Waals surface area contributed by atoms with Crippen LogP contribution in [0.5, 0.6) is 5.75 Å². The molecule has 0 aliphatic rings. The van der Waals surface area contributed by atoms with Crippen molar-refractivity contribution in [2.24, 2.45) is 0 Å². The lowest BCUT2D eigenvalue weighted by Gasteiger charge is -2.25. The van der Waals surface area contributed by atoms with Gasteiger partial charge >= 0.3 is 0 Å². The van der Waals surface area contributed by atoms with Crippen molar-refractivity contribution in [1.82, 2.24) is 0 Å². The molecule has 1 N–H and O–H groups in total. The van der Waals surface area contributed by atoms with E-state index in [-0.39, 0.29) is 18.1 Å².